The number of benzene rings is 1. The number of rotatable bonds is 6. The Labute approximate surface area is 106 Å². The van der Waals surface area contributed by atoms with E-state index in [1.807, 2.05) is 32.0 Å². The lowest BCUT2D eigenvalue weighted by Gasteiger charge is -2.17. The Morgan fingerprint density at radius 2 is 2.06 bits per heavy atom. The summed E-state index contributed by atoms with van der Waals surface area (Å²) in [6.07, 6.45) is -0.203. The van der Waals surface area contributed by atoms with Gasteiger partial charge in [0.15, 0.2) is 6.10 Å². The monoisotopic (exact) mass is 251 g/mol. The summed E-state index contributed by atoms with van der Waals surface area (Å²) >= 11 is 0. The zero-order valence-corrected chi connectivity index (χ0v) is 10.5. The first kappa shape index (κ1) is 14.0. The predicted octanol–water partition coefficient (Wildman–Crippen LogP) is 1.35. The quantitative estimate of drug-likeness (QED) is 0.800. The topological polar surface area (TPSA) is 75.6 Å². The van der Waals surface area contributed by atoms with Crippen molar-refractivity contribution >= 4 is 11.9 Å². The number of nitrogens with one attached hydrogen (secondary N) is 1. The fourth-order valence-electron chi connectivity index (χ4n) is 1.44. The molecular weight excluding hydrogens is 234 g/mol. The summed E-state index contributed by atoms with van der Waals surface area (Å²) in [6, 6.07) is 7.37. The van der Waals surface area contributed by atoms with Crippen LogP contribution in [0, 0.1) is 6.92 Å². The first-order valence-corrected chi connectivity index (χ1v) is 5.76. The number of carbonyl (C=O) groups is 2. The minimum Gasteiger partial charge on any atom is -0.480 e. The molecule has 5 nitrogen and oxygen atoms in total. The first-order chi connectivity index (χ1) is 8.54. The number of hydrogen-bond donors (Lipinski definition) is 2. The van der Waals surface area contributed by atoms with E-state index in [9.17, 15) is 9.59 Å². The summed E-state index contributed by atoms with van der Waals surface area (Å²) in [5.41, 5.74) is 0.932. The van der Waals surface area contributed by atoms with Crippen molar-refractivity contribution in [2.24, 2.45) is 0 Å². The fourth-order valence-corrected chi connectivity index (χ4v) is 1.44. The highest BCUT2D eigenvalue weighted by Crippen LogP contribution is 2.18. The lowest BCUT2D eigenvalue weighted by atomic mass is 10.2. The molecule has 1 aromatic rings. The molecule has 1 aromatic carbocycles. The molecule has 1 atom stereocenters. The molecule has 1 unspecified atom stereocenters. The minimum absolute atomic E-state index is 0.396. The highest BCUT2D eigenvalue weighted by molar-refractivity contribution is 5.84. The number of carboxylic acids is 1. The van der Waals surface area contributed by atoms with Gasteiger partial charge in [0, 0.05) is 0 Å². The third-order valence-corrected chi connectivity index (χ3v) is 2.44. The molecule has 0 aliphatic rings. The van der Waals surface area contributed by atoms with Crippen molar-refractivity contribution in [3.8, 4) is 5.75 Å². The Morgan fingerprint density at radius 1 is 1.39 bits per heavy atom. The molecule has 2 N–H and O–H groups in total. The van der Waals surface area contributed by atoms with Crippen LogP contribution in [0.25, 0.3) is 0 Å². The van der Waals surface area contributed by atoms with Crippen molar-refractivity contribution in [2.45, 2.75) is 26.4 Å². The average Bonchev–Trinajstić information content (AvgIpc) is 2.35. The summed E-state index contributed by atoms with van der Waals surface area (Å²) in [4.78, 5) is 22.1. The number of para-hydroxylation sites is 1. The van der Waals surface area contributed by atoms with Crippen molar-refractivity contribution in [1.29, 1.82) is 0 Å². The van der Waals surface area contributed by atoms with Gasteiger partial charge in [0.05, 0.1) is 0 Å². The predicted molar refractivity (Wildman–Crippen MR) is 66.5 cm³/mol. The third kappa shape index (κ3) is 4.08. The van der Waals surface area contributed by atoms with Gasteiger partial charge in [-0.05, 0) is 25.0 Å². The normalized spacial score (nSPS) is 11.7. The van der Waals surface area contributed by atoms with Crippen LogP contribution in [-0.4, -0.2) is 29.6 Å². The SMILES string of the molecule is CCC(Oc1ccccc1C)C(=O)NCC(=O)O. The third-order valence-electron chi connectivity index (χ3n) is 2.44. The molecule has 1 amide bonds. The lowest BCUT2D eigenvalue weighted by molar-refractivity contribution is -0.139. The van der Waals surface area contributed by atoms with Crippen molar-refractivity contribution in [3.05, 3.63) is 29.8 Å². The maximum Gasteiger partial charge on any atom is 0.322 e. The number of hydrogen-bond acceptors (Lipinski definition) is 3. The van der Waals surface area contributed by atoms with Gasteiger partial charge >= 0.3 is 5.97 Å². The van der Waals surface area contributed by atoms with Crippen molar-refractivity contribution in [1.82, 2.24) is 5.32 Å². The molecule has 5 heteroatoms. The molecule has 0 saturated heterocycles. The van der Waals surface area contributed by atoms with E-state index in [1.165, 1.54) is 0 Å². The van der Waals surface area contributed by atoms with Crippen molar-refractivity contribution < 1.29 is 19.4 Å². The second-order valence-electron chi connectivity index (χ2n) is 3.89. The molecule has 0 aliphatic carbocycles. The van der Waals surface area contributed by atoms with E-state index < -0.39 is 24.5 Å². The first-order valence-electron chi connectivity index (χ1n) is 5.76. The standard InChI is InChI=1S/C13H17NO4/c1-3-10(13(17)14-8-12(15)16)18-11-7-5-4-6-9(11)2/h4-7,10H,3,8H2,1-2H3,(H,14,17)(H,15,16). The van der Waals surface area contributed by atoms with Crippen LogP contribution < -0.4 is 10.1 Å². The zero-order valence-electron chi connectivity index (χ0n) is 10.5. The van der Waals surface area contributed by atoms with Gasteiger partial charge in [-0.1, -0.05) is 25.1 Å². The van der Waals surface area contributed by atoms with Crippen LogP contribution >= 0.6 is 0 Å². The van der Waals surface area contributed by atoms with E-state index in [0.29, 0.717) is 12.2 Å². The Morgan fingerprint density at radius 3 is 2.61 bits per heavy atom. The van der Waals surface area contributed by atoms with Crippen LogP contribution in [0.15, 0.2) is 24.3 Å². The molecule has 18 heavy (non-hydrogen) atoms. The molecule has 0 heterocycles. The zero-order chi connectivity index (χ0) is 13.5. The Bertz CT molecular complexity index is 431. The summed E-state index contributed by atoms with van der Waals surface area (Å²) in [5, 5.41) is 10.8. The van der Waals surface area contributed by atoms with Gasteiger partial charge in [0.1, 0.15) is 12.3 Å². The Kier molecular flexibility index (Phi) is 5.17. The van der Waals surface area contributed by atoms with E-state index in [1.54, 1.807) is 6.07 Å². The molecule has 0 aliphatic heterocycles. The molecule has 0 bridgehead atoms. The van der Waals surface area contributed by atoms with Crippen LogP contribution in [0.1, 0.15) is 18.9 Å². The summed E-state index contributed by atoms with van der Waals surface area (Å²) < 4.78 is 5.58. The molecule has 0 saturated carbocycles. The molecule has 1 rings (SSSR count). The van der Waals surface area contributed by atoms with Crippen LogP contribution in [0.2, 0.25) is 0 Å². The van der Waals surface area contributed by atoms with E-state index >= 15 is 0 Å². The van der Waals surface area contributed by atoms with Crippen molar-refractivity contribution in [3.63, 3.8) is 0 Å². The van der Waals surface area contributed by atoms with Gasteiger partial charge in [-0.25, -0.2) is 0 Å². The average molecular weight is 251 g/mol. The lowest BCUT2D eigenvalue weighted by Crippen LogP contribution is -2.40. The van der Waals surface area contributed by atoms with Crippen LogP contribution in [-0.2, 0) is 9.59 Å². The largest absolute Gasteiger partial charge is 0.480 e. The van der Waals surface area contributed by atoms with E-state index in [-0.39, 0.29) is 0 Å². The number of carboxylic acid groups (broad SMARTS) is 1. The van der Waals surface area contributed by atoms with E-state index in [4.69, 9.17) is 9.84 Å². The smallest absolute Gasteiger partial charge is 0.322 e. The minimum atomic E-state index is -1.07. The van der Waals surface area contributed by atoms with Crippen LogP contribution in [0.3, 0.4) is 0 Å². The Balaban J connectivity index is 2.64. The second kappa shape index (κ2) is 6.64. The summed E-state index contributed by atoms with van der Waals surface area (Å²) in [6.45, 7) is 3.30. The molecule has 0 fully saturated rings. The highest BCUT2D eigenvalue weighted by Gasteiger charge is 2.19. The fraction of sp³-hybridized carbons (Fsp3) is 0.385. The number of amides is 1. The van der Waals surface area contributed by atoms with Gasteiger partial charge < -0.3 is 15.2 Å². The van der Waals surface area contributed by atoms with Crippen LogP contribution in [0.5, 0.6) is 5.75 Å². The van der Waals surface area contributed by atoms with Crippen LogP contribution in [0.4, 0.5) is 0 Å². The van der Waals surface area contributed by atoms with Gasteiger partial charge in [-0.2, -0.15) is 0 Å². The second-order valence-corrected chi connectivity index (χ2v) is 3.89. The van der Waals surface area contributed by atoms with Crippen molar-refractivity contribution in [2.75, 3.05) is 6.54 Å². The van der Waals surface area contributed by atoms with Gasteiger partial charge in [-0.3, -0.25) is 9.59 Å². The molecule has 98 valence electrons. The van der Waals surface area contributed by atoms with Gasteiger partial charge in [0.25, 0.3) is 5.91 Å². The molecule has 0 spiro atoms. The summed E-state index contributed by atoms with van der Waals surface area (Å²) in [7, 11) is 0. The maximum atomic E-state index is 11.7. The van der Waals surface area contributed by atoms with E-state index in [0.717, 1.165) is 5.56 Å². The number of carbonyl (C=O) groups excluding carboxylic acids is 1. The Hall–Kier alpha value is -2.04. The number of aliphatic carboxylic acids is 1. The van der Waals surface area contributed by atoms with E-state index in [2.05, 4.69) is 5.32 Å². The van der Waals surface area contributed by atoms with Gasteiger partial charge in [0.2, 0.25) is 0 Å². The number of aryl methyl sites for hydroxylation is 1. The highest BCUT2D eigenvalue weighted by atomic mass is 16.5. The molecule has 0 radical (unpaired) electrons. The van der Waals surface area contributed by atoms with Gasteiger partial charge in [-0.15, -0.1) is 0 Å². The molecular formula is C13H17NO4. The summed E-state index contributed by atoms with van der Waals surface area (Å²) in [5.74, 6) is -0.855. The molecule has 0 aromatic heterocycles. The number of ether oxygens (including phenoxy) is 1. The maximum absolute atomic E-state index is 11.7.